The zero-order chi connectivity index (χ0) is 18.8. The highest BCUT2D eigenvalue weighted by atomic mass is 15.2. The molecule has 0 radical (unpaired) electrons. The Labute approximate surface area is 154 Å². The molecule has 0 aromatic carbocycles. The summed E-state index contributed by atoms with van der Waals surface area (Å²) in [5.74, 6) is 1.40. The molecule has 1 saturated carbocycles. The Morgan fingerprint density at radius 2 is 1.92 bits per heavy atom. The van der Waals surface area contributed by atoms with Crippen LogP contribution in [0.2, 0.25) is 0 Å². The van der Waals surface area contributed by atoms with Crippen LogP contribution < -0.4 is 11.1 Å². The van der Waals surface area contributed by atoms with Gasteiger partial charge >= 0.3 is 0 Å². The number of hydrogen-bond donors (Lipinski definition) is 2. The summed E-state index contributed by atoms with van der Waals surface area (Å²) in [4.78, 5) is 2.33. The lowest BCUT2D eigenvalue weighted by atomic mass is 9.78. The number of nitrogens with zero attached hydrogens (tertiary/aromatic N) is 1. The maximum Gasteiger partial charge on any atom is 0.0680 e. The van der Waals surface area contributed by atoms with Crippen molar-refractivity contribution in [2.24, 2.45) is 23.0 Å². The fourth-order valence-electron chi connectivity index (χ4n) is 3.93. The van der Waals surface area contributed by atoms with Crippen molar-refractivity contribution in [1.29, 1.82) is 0 Å². The quantitative estimate of drug-likeness (QED) is 0.635. The van der Waals surface area contributed by atoms with Crippen LogP contribution in [-0.4, -0.2) is 23.5 Å². The summed E-state index contributed by atoms with van der Waals surface area (Å²) in [6, 6.07) is 0.417. The average molecular weight is 344 g/mol. The van der Waals surface area contributed by atoms with Gasteiger partial charge in [0.2, 0.25) is 0 Å². The second kappa shape index (κ2) is 7.72. The van der Waals surface area contributed by atoms with Crippen molar-refractivity contribution in [2.45, 2.75) is 65.0 Å². The fourth-order valence-corrected chi connectivity index (χ4v) is 3.93. The first-order valence-electron chi connectivity index (χ1n) is 9.60. The molecule has 0 spiro atoms. The van der Waals surface area contributed by atoms with E-state index in [1.165, 1.54) is 19.3 Å². The van der Waals surface area contributed by atoms with Gasteiger partial charge in [-0.25, -0.2) is 0 Å². The predicted octanol–water partition coefficient (Wildman–Crippen LogP) is 4.56. The van der Waals surface area contributed by atoms with E-state index in [0.717, 1.165) is 36.6 Å². The Kier molecular flexibility index (Phi) is 6.08. The zero-order valence-corrected chi connectivity index (χ0v) is 16.5. The van der Waals surface area contributed by atoms with Crippen LogP contribution >= 0.6 is 0 Å². The van der Waals surface area contributed by atoms with Crippen LogP contribution in [0.1, 0.15) is 52.9 Å². The second-order valence-electron chi connectivity index (χ2n) is 9.00. The normalized spacial score (nSPS) is 25.2. The predicted molar refractivity (Wildman–Crippen MR) is 109 cm³/mol. The number of nitrogens with one attached hydrogen (secondary N) is 1. The molecule has 1 aliphatic carbocycles. The van der Waals surface area contributed by atoms with Crippen LogP contribution in [0.15, 0.2) is 49.5 Å². The third-order valence-electron chi connectivity index (χ3n) is 6.19. The second-order valence-corrected chi connectivity index (χ2v) is 9.00. The minimum absolute atomic E-state index is 0.135. The number of rotatable bonds is 8. The molecule has 3 atom stereocenters. The van der Waals surface area contributed by atoms with E-state index in [2.05, 4.69) is 57.3 Å². The van der Waals surface area contributed by atoms with Gasteiger partial charge < -0.3 is 16.0 Å². The lowest BCUT2D eigenvalue weighted by molar-refractivity contribution is 0.246. The van der Waals surface area contributed by atoms with Gasteiger partial charge in [0.25, 0.3) is 0 Å². The summed E-state index contributed by atoms with van der Waals surface area (Å²) in [5.41, 5.74) is 8.77. The lowest BCUT2D eigenvalue weighted by Gasteiger charge is -2.34. The minimum atomic E-state index is 0.135. The van der Waals surface area contributed by atoms with Crippen LogP contribution in [0.25, 0.3) is 0 Å². The van der Waals surface area contributed by atoms with Crippen LogP contribution in [-0.2, 0) is 0 Å². The molecule has 1 saturated heterocycles. The summed E-state index contributed by atoms with van der Waals surface area (Å²) < 4.78 is 0. The molecule has 25 heavy (non-hydrogen) atoms. The van der Waals surface area contributed by atoms with Crippen molar-refractivity contribution in [3.05, 3.63) is 49.5 Å². The highest BCUT2D eigenvalue weighted by Crippen LogP contribution is 2.39. The molecule has 3 N–H and O–H groups in total. The number of hydrogen-bond acceptors (Lipinski definition) is 3. The maximum absolute atomic E-state index is 5.94. The Balaban J connectivity index is 2.06. The van der Waals surface area contributed by atoms with Gasteiger partial charge in [-0.05, 0) is 41.9 Å². The first kappa shape index (κ1) is 19.7. The third-order valence-corrected chi connectivity index (χ3v) is 6.19. The standard InChI is InChI=1S/C22H37N3/c1-8-25-14-19(22(5,6)7)13-21(25)17(4)24-20(15(2)16(3)23)12-18-10-9-11-18/h8,18-21,24H,1-4,9-14,23H2,5-7H3/t19-,20?,21?/m1/s1. The van der Waals surface area contributed by atoms with Crippen molar-refractivity contribution in [3.8, 4) is 0 Å². The van der Waals surface area contributed by atoms with Crippen LogP contribution in [0.5, 0.6) is 0 Å². The molecule has 3 heteroatoms. The molecule has 1 aliphatic heterocycles. The SMILES string of the molecule is C=CN1C[C@H](C(C)(C)C)CC1C(=C)NC(CC1CCC1)C(=C)C(=C)N. The maximum atomic E-state index is 5.94. The van der Waals surface area contributed by atoms with Crippen molar-refractivity contribution in [1.82, 2.24) is 10.2 Å². The molecule has 140 valence electrons. The van der Waals surface area contributed by atoms with Gasteiger partial charge in [0.1, 0.15) is 0 Å². The van der Waals surface area contributed by atoms with E-state index in [0.29, 0.717) is 11.6 Å². The first-order chi connectivity index (χ1) is 11.6. The van der Waals surface area contributed by atoms with Gasteiger partial charge in [-0.2, -0.15) is 0 Å². The van der Waals surface area contributed by atoms with Crippen molar-refractivity contribution >= 4 is 0 Å². The molecular formula is C22H37N3. The van der Waals surface area contributed by atoms with Crippen molar-refractivity contribution < 1.29 is 0 Å². The van der Waals surface area contributed by atoms with E-state index >= 15 is 0 Å². The molecule has 1 heterocycles. The molecule has 2 unspecified atom stereocenters. The smallest absolute Gasteiger partial charge is 0.0680 e. The van der Waals surface area contributed by atoms with E-state index in [1.807, 2.05) is 6.20 Å². The Morgan fingerprint density at radius 1 is 1.28 bits per heavy atom. The lowest BCUT2D eigenvalue weighted by Crippen LogP contribution is -2.40. The van der Waals surface area contributed by atoms with E-state index in [4.69, 9.17) is 5.73 Å². The molecule has 2 rings (SSSR count). The summed E-state index contributed by atoms with van der Waals surface area (Å²) in [6.45, 7) is 24.4. The fraction of sp³-hybridized carbons (Fsp3) is 0.636. The van der Waals surface area contributed by atoms with Crippen LogP contribution in [0, 0.1) is 17.3 Å². The highest BCUT2D eigenvalue weighted by molar-refractivity contribution is 5.29. The average Bonchev–Trinajstić information content (AvgIpc) is 2.93. The monoisotopic (exact) mass is 343 g/mol. The minimum Gasteiger partial charge on any atom is -0.399 e. The molecule has 3 nitrogen and oxygen atoms in total. The summed E-state index contributed by atoms with van der Waals surface area (Å²) in [7, 11) is 0. The molecule has 0 amide bonds. The van der Waals surface area contributed by atoms with Gasteiger partial charge in [0, 0.05) is 17.9 Å². The van der Waals surface area contributed by atoms with Gasteiger partial charge in [-0.15, -0.1) is 0 Å². The molecule has 2 aliphatic rings. The molecule has 0 bridgehead atoms. The summed E-state index contributed by atoms with van der Waals surface area (Å²) >= 11 is 0. The van der Waals surface area contributed by atoms with E-state index < -0.39 is 0 Å². The van der Waals surface area contributed by atoms with Gasteiger partial charge in [0.15, 0.2) is 0 Å². The highest BCUT2D eigenvalue weighted by Gasteiger charge is 2.38. The van der Waals surface area contributed by atoms with Crippen molar-refractivity contribution in [3.63, 3.8) is 0 Å². The molecule has 0 aromatic heterocycles. The van der Waals surface area contributed by atoms with Gasteiger partial charge in [0.05, 0.1) is 12.1 Å². The molecule has 0 aromatic rings. The summed E-state index contributed by atoms with van der Waals surface area (Å²) in [5, 5.41) is 3.65. The van der Waals surface area contributed by atoms with Gasteiger partial charge in [-0.1, -0.05) is 66.3 Å². The third kappa shape index (κ3) is 4.71. The molecular weight excluding hydrogens is 306 g/mol. The largest absolute Gasteiger partial charge is 0.399 e. The van der Waals surface area contributed by atoms with Gasteiger partial charge in [-0.3, -0.25) is 0 Å². The first-order valence-corrected chi connectivity index (χ1v) is 9.60. The number of likely N-dealkylation sites (tertiary alicyclic amines) is 1. The number of nitrogens with two attached hydrogens (primary N) is 1. The van der Waals surface area contributed by atoms with Crippen LogP contribution in [0.3, 0.4) is 0 Å². The zero-order valence-electron chi connectivity index (χ0n) is 16.5. The summed E-state index contributed by atoms with van der Waals surface area (Å²) in [6.07, 6.45) is 8.09. The topological polar surface area (TPSA) is 41.3 Å². The van der Waals surface area contributed by atoms with E-state index in [9.17, 15) is 0 Å². The van der Waals surface area contributed by atoms with Crippen molar-refractivity contribution in [2.75, 3.05) is 6.54 Å². The Morgan fingerprint density at radius 3 is 2.36 bits per heavy atom. The Hall–Kier alpha value is -1.64. The molecule has 2 fully saturated rings. The van der Waals surface area contributed by atoms with E-state index in [-0.39, 0.29) is 17.5 Å². The van der Waals surface area contributed by atoms with Crippen LogP contribution in [0.4, 0.5) is 0 Å². The van der Waals surface area contributed by atoms with E-state index in [1.54, 1.807) is 0 Å². The Bertz CT molecular complexity index is 536.